The van der Waals surface area contributed by atoms with Gasteiger partial charge in [0.05, 0.1) is 47.0 Å². The maximum absolute atomic E-state index is 13.7. The lowest BCUT2D eigenvalue weighted by Gasteiger charge is -2.38. The van der Waals surface area contributed by atoms with Crippen molar-refractivity contribution in [2.45, 2.75) is 42.8 Å². The average molecular weight is 502 g/mol. The number of aryl methyl sites for hydroxylation is 1. The minimum Gasteiger partial charge on any atom is -0.320 e. The first kappa shape index (κ1) is 22.9. The Morgan fingerprint density at radius 2 is 2.12 bits per heavy atom. The number of rotatable bonds is 5. The van der Waals surface area contributed by atoms with Crippen LogP contribution in [-0.4, -0.2) is 59.6 Å². The van der Waals surface area contributed by atoms with E-state index in [-0.39, 0.29) is 34.6 Å². The van der Waals surface area contributed by atoms with Crippen LogP contribution in [0.5, 0.6) is 0 Å². The largest absolute Gasteiger partial charge is 0.320 e. The number of anilines is 1. The summed E-state index contributed by atoms with van der Waals surface area (Å²) in [4.78, 5) is 21.5. The third-order valence-electron chi connectivity index (χ3n) is 6.09. The van der Waals surface area contributed by atoms with E-state index in [0.717, 1.165) is 18.4 Å². The van der Waals surface area contributed by atoms with Crippen molar-refractivity contribution in [2.24, 2.45) is 17.8 Å². The van der Waals surface area contributed by atoms with E-state index in [9.17, 15) is 13.2 Å². The number of carbonyl (C=O) groups excluding carboxylic acids is 1. The number of nitrogens with zero attached hydrogens (tertiary/aromatic N) is 5. The number of fused-ring (bicyclic) bond motifs is 3. The molecule has 1 atom stereocenters. The first-order valence-electron chi connectivity index (χ1n) is 10.8. The molecule has 34 heavy (non-hydrogen) atoms. The highest BCUT2D eigenvalue weighted by molar-refractivity contribution is 7.89. The summed E-state index contributed by atoms with van der Waals surface area (Å²) < 4.78 is 30.5. The third kappa shape index (κ3) is 3.96. The number of sulfonamides is 1. The Kier molecular flexibility index (Phi) is 5.44. The first-order valence-corrected chi connectivity index (χ1v) is 12.7. The number of carbonyl (C=O) groups is 1. The van der Waals surface area contributed by atoms with Gasteiger partial charge in [0.2, 0.25) is 16.0 Å². The SMILES string of the molecule is Cn1cc(CN2C(=O)c3cc(S(=O)(=O)NC4(C)CC4)cc(Cl)c3N3C2=NC[C@H]3C#CCN)cn1. The van der Waals surface area contributed by atoms with E-state index >= 15 is 0 Å². The van der Waals surface area contributed by atoms with Gasteiger partial charge in [0, 0.05) is 24.3 Å². The predicted molar refractivity (Wildman–Crippen MR) is 128 cm³/mol. The van der Waals surface area contributed by atoms with Gasteiger partial charge in [-0.3, -0.25) is 19.3 Å². The van der Waals surface area contributed by atoms with Crippen LogP contribution in [0.4, 0.5) is 5.69 Å². The molecule has 0 unspecified atom stereocenters. The molecule has 1 aliphatic carbocycles. The fraction of sp³-hybridized carbons (Fsp3) is 0.409. The summed E-state index contributed by atoms with van der Waals surface area (Å²) in [7, 11) is -2.08. The number of aromatic nitrogens is 2. The molecule has 0 radical (unpaired) electrons. The number of hydrogen-bond acceptors (Lipinski definition) is 7. The molecule has 3 N–H and O–H groups in total. The Balaban J connectivity index is 1.62. The Morgan fingerprint density at radius 1 is 1.35 bits per heavy atom. The van der Waals surface area contributed by atoms with Gasteiger partial charge in [0.15, 0.2) is 0 Å². The monoisotopic (exact) mass is 501 g/mol. The van der Waals surface area contributed by atoms with Crippen LogP contribution in [0.25, 0.3) is 0 Å². The van der Waals surface area contributed by atoms with Gasteiger partial charge in [-0.05, 0) is 31.9 Å². The van der Waals surface area contributed by atoms with Crippen LogP contribution in [0.1, 0.15) is 35.7 Å². The zero-order valence-electron chi connectivity index (χ0n) is 18.7. The zero-order chi connectivity index (χ0) is 24.3. The number of amides is 1. The lowest BCUT2D eigenvalue weighted by atomic mass is 10.1. The summed E-state index contributed by atoms with van der Waals surface area (Å²) in [6, 6.07) is 2.38. The Labute approximate surface area is 202 Å². The third-order valence-corrected chi connectivity index (χ3v) is 7.99. The Bertz CT molecular complexity index is 1380. The van der Waals surface area contributed by atoms with Gasteiger partial charge in [0.1, 0.15) is 6.04 Å². The molecule has 5 rings (SSSR count). The second-order valence-corrected chi connectivity index (χ2v) is 11.0. The lowest BCUT2D eigenvalue weighted by molar-refractivity contribution is 0.0833. The summed E-state index contributed by atoms with van der Waals surface area (Å²) in [5, 5.41) is 4.31. The van der Waals surface area contributed by atoms with Crippen LogP contribution in [0.3, 0.4) is 0 Å². The first-order chi connectivity index (χ1) is 16.1. The van der Waals surface area contributed by atoms with Gasteiger partial charge in [-0.1, -0.05) is 23.4 Å². The van der Waals surface area contributed by atoms with E-state index in [4.69, 9.17) is 17.3 Å². The quantitative estimate of drug-likeness (QED) is 0.590. The van der Waals surface area contributed by atoms with Crippen LogP contribution in [-0.2, 0) is 23.6 Å². The second kappa shape index (κ2) is 8.09. The van der Waals surface area contributed by atoms with Crippen molar-refractivity contribution in [3.63, 3.8) is 0 Å². The highest BCUT2D eigenvalue weighted by Crippen LogP contribution is 2.42. The Hall–Kier alpha value is -2.91. The van der Waals surface area contributed by atoms with E-state index in [1.54, 1.807) is 22.8 Å². The molecular formula is C22H24ClN7O3S. The number of nitrogens with two attached hydrogens (primary N) is 1. The van der Waals surface area contributed by atoms with Crippen LogP contribution in [0.15, 0.2) is 34.4 Å². The fourth-order valence-corrected chi connectivity index (χ4v) is 6.04. The van der Waals surface area contributed by atoms with Gasteiger partial charge in [-0.2, -0.15) is 5.10 Å². The molecule has 178 valence electrons. The molecule has 1 amide bonds. The summed E-state index contributed by atoms with van der Waals surface area (Å²) in [6.07, 6.45) is 5.00. The molecule has 1 aromatic heterocycles. The van der Waals surface area contributed by atoms with Crippen molar-refractivity contribution in [3.05, 3.63) is 40.7 Å². The highest BCUT2D eigenvalue weighted by atomic mass is 35.5. The summed E-state index contributed by atoms with van der Waals surface area (Å²) in [5.74, 6) is 5.97. The van der Waals surface area contributed by atoms with Gasteiger partial charge >= 0.3 is 0 Å². The van der Waals surface area contributed by atoms with E-state index in [2.05, 4.69) is 26.7 Å². The number of hydrogen-bond donors (Lipinski definition) is 2. The van der Waals surface area contributed by atoms with Gasteiger partial charge in [-0.15, -0.1) is 0 Å². The molecule has 2 aliphatic heterocycles. The van der Waals surface area contributed by atoms with Crippen LogP contribution >= 0.6 is 11.6 Å². The molecule has 12 heteroatoms. The molecule has 0 bridgehead atoms. The molecule has 0 saturated heterocycles. The minimum atomic E-state index is -3.87. The van der Waals surface area contributed by atoms with Crippen LogP contribution < -0.4 is 15.4 Å². The van der Waals surface area contributed by atoms with Crippen molar-refractivity contribution < 1.29 is 13.2 Å². The van der Waals surface area contributed by atoms with Gasteiger partial charge < -0.3 is 5.73 Å². The molecule has 0 spiro atoms. The highest BCUT2D eigenvalue weighted by Gasteiger charge is 2.45. The van der Waals surface area contributed by atoms with Crippen molar-refractivity contribution in [2.75, 3.05) is 18.0 Å². The normalized spacial score (nSPS) is 20.4. The predicted octanol–water partition coefficient (Wildman–Crippen LogP) is 1.07. The maximum Gasteiger partial charge on any atom is 0.263 e. The summed E-state index contributed by atoms with van der Waals surface area (Å²) in [6.45, 7) is 2.57. The average Bonchev–Trinajstić information content (AvgIpc) is 3.15. The topological polar surface area (TPSA) is 126 Å². The second-order valence-electron chi connectivity index (χ2n) is 8.93. The fourth-order valence-electron chi connectivity index (χ4n) is 4.15. The van der Waals surface area contributed by atoms with E-state index < -0.39 is 21.5 Å². The molecule has 10 nitrogen and oxygen atoms in total. The smallest absolute Gasteiger partial charge is 0.263 e. The maximum atomic E-state index is 13.7. The number of aliphatic imine (C=N–C) groups is 1. The van der Waals surface area contributed by atoms with Crippen LogP contribution in [0.2, 0.25) is 5.02 Å². The standard InChI is InChI=1S/C22H24ClN7O3S/c1-22(5-6-22)27-34(32,33)16-8-17-19(18(23)9-16)30-15(4-3-7-24)11-25-21(30)29(20(17)31)13-14-10-26-28(2)12-14/h8-10,12,15,27H,5-7,11,13,24H2,1-2H3/t15-/m1/s1. The molecule has 1 aromatic carbocycles. The number of guanidine groups is 1. The van der Waals surface area contributed by atoms with Crippen molar-refractivity contribution in [1.82, 2.24) is 19.4 Å². The van der Waals surface area contributed by atoms with E-state index in [0.29, 0.717) is 18.2 Å². The van der Waals surface area contributed by atoms with Gasteiger partial charge in [0.25, 0.3) is 5.91 Å². The lowest BCUT2D eigenvalue weighted by Crippen LogP contribution is -2.52. The molecule has 3 aliphatic rings. The number of nitrogens with one attached hydrogen (secondary N) is 1. The molecule has 1 fully saturated rings. The van der Waals surface area contributed by atoms with Crippen molar-refractivity contribution in [3.8, 4) is 11.8 Å². The Morgan fingerprint density at radius 3 is 2.76 bits per heavy atom. The van der Waals surface area contributed by atoms with Crippen LogP contribution in [0, 0.1) is 11.8 Å². The zero-order valence-corrected chi connectivity index (χ0v) is 20.3. The van der Waals surface area contributed by atoms with Crippen molar-refractivity contribution >= 4 is 39.2 Å². The number of benzene rings is 1. The minimum absolute atomic E-state index is 0.0526. The van der Waals surface area contributed by atoms with Crippen molar-refractivity contribution in [1.29, 1.82) is 0 Å². The molecular weight excluding hydrogens is 478 g/mol. The molecule has 1 saturated carbocycles. The summed E-state index contributed by atoms with van der Waals surface area (Å²) in [5.41, 5.74) is 6.49. The molecule has 3 heterocycles. The number of halogens is 1. The van der Waals surface area contributed by atoms with Gasteiger partial charge in [-0.25, -0.2) is 18.1 Å². The van der Waals surface area contributed by atoms with E-state index in [1.807, 2.05) is 13.1 Å². The van der Waals surface area contributed by atoms with E-state index in [1.165, 1.54) is 17.0 Å². The summed E-state index contributed by atoms with van der Waals surface area (Å²) >= 11 is 6.64. The molecule has 2 aromatic rings.